The number of benzene rings is 1. The Morgan fingerprint density at radius 3 is 2.50 bits per heavy atom. The number of esters is 1. The van der Waals surface area contributed by atoms with Gasteiger partial charge in [0.2, 0.25) is 11.8 Å². The number of nitrogens with one attached hydrogen (secondary N) is 2. The van der Waals surface area contributed by atoms with Crippen LogP contribution in [-0.4, -0.2) is 78.3 Å². The molecule has 3 fully saturated rings. The maximum absolute atomic E-state index is 15.0. The molecule has 9 nitrogen and oxygen atoms in total. The third kappa shape index (κ3) is 6.15. The predicted molar refractivity (Wildman–Crippen MR) is 133 cm³/mol. The molecule has 4 rings (SSSR count). The zero-order valence-electron chi connectivity index (χ0n) is 21.1. The van der Waals surface area contributed by atoms with Crippen molar-refractivity contribution in [1.82, 2.24) is 10.2 Å². The Labute approximate surface area is 211 Å². The van der Waals surface area contributed by atoms with Gasteiger partial charge in [-0.05, 0) is 56.2 Å². The molecule has 0 bridgehead atoms. The van der Waals surface area contributed by atoms with Gasteiger partial charge < -0.3 is 25.0 Å². The monoisotopic (exact) mass is 504 g/mol. The fraction of sp³-hybridized carbons (Fsp3) is 0.654. The summed E-state index contributed by atoms with van der Waals surface area (Å²) in [5.41, 5.74) is -0.365. The molecule has 3 aliphatic heterocycles. The molecule has 0 aromatic heterocycles. The molecule has 2 amide bonds. The molecule has 3 aliphatic rings. The molecule has 1 aromatic carbocycles. The summed E-state index contributed by atoms with van der Waals surface area (Å²) in [4.78, 5) is 40.0. The fourth-order valence-corrected chi connectivity index (χ4v) is 5.20. The van der Waals surface area contributed by atoms with Gasteiger partial charge >= 0.3 is 5.97 Å². The van der Waals surface area contributed by atoms with Gasteiger partial charge in [-0.2, -0.15) is 0 Å². The van der Waals surface area contributed by atoms with Crippen molar-refractivity contribution in [2.24, 2.45) is 5.92 Å². The lowest BCUT2D eigenvalue weighted by molar-refractivity contribution is -0.172. The summed E-state index contributed by atoms with van der Waals surface area (Å²) >= 11 is 0. The summed E-state index contributed by atoms with van der Waals surface area (Å²) in [6.07, 6.45) is 3.10. The number of rotatable bonds is 7. The van der Waals surface area contributed by atoms with E-state index in [1.807, 2.05) is 18.7 Å². The molecule has 36 heavy (non-hydrogen) atoms. The first-order valence-electron chi connectivity index (χ1n) is 12.9. The number of aliphatic hydroxyl groups is 1. The summed E-state index contributed by atoms with van der Waals surface area (Å²) in [7, 11) is 0. The molecule has 0 saturated carbocycles. The topological polar surface area (TPSA) is 111 Å². The third-order valence-electron chi connectivity index (χ3n) is 7.40. The largest absolute Gasteiger partial charge is 0.463 e. The quantitative estimate of drug-likeness (QED) is 0.382. The second-order valence-corrected chi connectivity index (χ2v) is 10.6. The highest BCUT2D eigenvalue weighted by molar-refractivity contribution is 6.01. The van der Waals surface area contributed by atoms with Crippen LogP contribution in [0.5, 0.6) is 0 Å². The first-order valence-corrected chi connectivity index (χ1v) is 12.9. The van der Waals surface area contributed by atoms with Gasteiger partial charge in [0.15, 0.2) is 5.60 Å². The molecule has 10 heteroatoms. The highest BCUT2D eigenvalue weighted by atomic mass is 19.1. The van der Waals surface area contributed by atoms with Crippen LogP contribution in [0.1, 0.15) is 52.4 Å². The molecule has 1 unspecified atom stereocenters. The molecule has 3 N–H and O–H groups in total. The van der Waals surface area contributed by atoms with Crippen LogP contribution >= 0.6 is 0 Å². The normalized spacial score (nSPS) is 23.5. The van der Waals surface area contributed by atoms with Crippen LogP contribution in [0.4, 0.5) is 15.8 Å². The maximum atomic E-state index is 15.0. The van der Waals surface area contributed by atoms with Crippen LogP contribution in [0.15, 0.2) is 18.2 Å². The number of ether oxygens (including phenoxy) is 1. The Hall–Kier alpha value is -2.72. The van der Waals surface area contributed by atoms with Gasteiger partial charge in [0.05, 0.1) is 12.3 Å². The van der Waals surface area contributed by atoms with E-state index >= 15 is 0 Å². The number of carbonyl (C=O) groups is 3. The van der Waals surface area contributed by atoms with Crippen LogP contribution in [0.2, 0.25) is 0 Å². The number of anilines is 2. The zero-order valence-corrected chi connectivity index (χ0v) is 21.1. The first kappa shape index (κ1) is 26.3. The van der Waals surface area contributed by atoms with E-state index in [0.717, 1.165) is 12.8 Å². The number of hydrogen-bond donors (Lipinski definition) is 3. The predicted octanol–water partition coefficient (Wildman–Crippen LogP) is 2.04. The molecular formula is C26H37FN4O5. The molecule has 1 atom stereocenters. The van der Waals surface area contributed by atoms with Crippen LogP contribution in [0, 0.1) is 11.7 Å². The number of halogens is 1. The lowest BCUT2D eigenvalue weighted by atomic mass is 9.89. The molecule has 3 saturated heterocycles. The second-order valence-electron chi connectivity index (χ2n) is 10.6. The SMILES string of the molecule is CC(C)COC(=O)C1(O)CCN(C2CCN(c3ccc(NC4CCC(=O)NC4=O)cc3F)CC2)CC1. The average Bonchev–Trinajstić information content (AvgIpc) is 2.85. The molecule has 0 spiro atoms. The van der Waals surface area contributed by atoms with Gasteiger partial charge in [-0.3, -0.25) is 14.9 Å². The van der Waals surface area contributed by atoms with Crippen LogP contribution in [0.25, 0.3) is 0 Å². The number of hydrogen-bond acceptors (Lipinski definition) is 8. The van der Waals surface area contributed by atoms with Crippen molar-refractivity contribution in [3.8, 4) is 0 Å². The Morgan fingerprint density at radius 2 is 1.89 bits per heavy atom. The van der Waals surface area contributed by atoms with Crippen molar-refractivity contribution < 1.29 is 28.6 Å². The summed E-state index contributed by atoms with van der Waals surface area (Å²) < 4.78 is 20.2. The van der Waals surface area contributed by atoms with E-state index in [-0.39, 0.29) is 30.0 Å². The smallest absolute Gasteiger partial charge is 0.338 e. The minimum atomic E-state index is -1.40. The lowest BCUT2D eigenvalue weighted by Gasteiger charge is -2.44. The fourth-order valence-electron chi connectivity index (χ4n) is 5.20. The van der Waals surface area contributed by atoms with Crippen molar-refractivity contribution in [3.63, 3.8) is 0 Å². The number of piperidine rings is 3. The number of imide groups is 1. The van der Waals surface area contributed by atoms with Crippen molar-refractivity contribution >= 4 is 29.2 Å². The first-order chi connectivity index (χ1) is 17.1. The molecule has 1 aromatic rings. The van der Waals surface area contributed by atoms with E-state index in [4.69, 9.17) is 4.74 Å². The summed E-state index contributed by atoms with van der Waals surface area (Å²) in [6, 6.07) is 4.66. The second kappa shape index (κ2) is 11.1. The summed E-state index contributed by atoms with van der Waals surface area (Å²) in [5, 5.41) is 16.1. The van der Waals surface area contributed by atoms with Crippen molar-refractivity contribution in [2.45, 2.75) is 70.1 Å². The average molecular weight is 505 g/mol. The van der Waals surface area contributed by atoms with Gasteiger partial charge in [0.25, 0.3) is 0 Å². The minimum Gasteiger partial charge on any atom is -0.463 e. The third-order valence-corrected chi connectivity index (χ3v) is 7.40. The van der Waals surface area contributed by atoms with Crippen LogP contribution < -0.4 is 15.5 Å². The van der Waals surface area contributed by atoms with Gasteiger partial charge in [-0.1, -0.05) is 13.8 Å². The van der Waals surface area contributed by atoms with Gasteiger partial charge in [0.1, 0.15) is 11.9 Å². The summed E-state index contributed by atoms with van der Waals surface area (Å²) in [6.45, 7) is 6.92. The van der Waals surface area contributed by atoms with Gasteiger partial charge in [0, 0.05) is 44.3 Å². The molecule has 0 radical (unpaired) electrons. The van der Waals surface area contributed by atoms with E-state index < -0.39 is 17.6 Å². The molecular weight excluding hydrogens is 467 g/mol. The number of amides is 2. The highest BCUT2D eigenvalue weighted by Gasteiger charge is 2.42. The molecule has 3 heterocycles. The zero-order chi connectivity index (χ0) is 25.9. The van der Waals surface area contributed by atoms with E-state index in [2.05, 4.69) is 15.5 Å². The van der Waals surface area contributed by atoms with E-state index in [9.17, 15) is 23.9 Å². The number of carbonyl (C=O) groups excluding carboxylic acids is 3. The van der Waals surface area contributed by atoms with Crippen LogP contribution in [-0.2, 0) is 19.1 Å². The van der Waals surface area contributed by atoms with Gasteiger partial charge in [-0.25, -0.2) is 9.18 Å². The van der Waals surface area contributed by atoms with Gasteiger partial charge in [-0.15, -0.1) is 0 Å². The summed E-state index contributed by atoms with van der Waals surface area (Å²) in [5.74, 6) is -1.32. The Balaban J connectivity index is 1.26. The number of likely N-dealkylation sites (tertiary alicyclic amines) is 1. The van der Waals surface area contributed by atoms with E-state index in [0.29, 0.717) is 69.5 Å². The molecule has 0 aliphatic carbocycles. The standard InChI is InChI=1S/C26H37FN4O5/c1-17(2)16-36-25(34)26(35)9-13-30(14-10-26)19-7-11-31(12-8-19)22-5-3-18(15-20(22)27)28-21-4-6-23(32)29-24(21)33/h3,5,15,17,19,21,28,35H,4,6-14,16H2,1-2H3,(H,29,32,33). The minimum absolute atomic E-state index is 0.227. The number of nitrogens with zero attached hydrogens (tertiary/aromatic N) is 2. The highest BCUT2D eigenvalue weighted by Crippen LogP contribution is 2.31. The lowest BCUT2D eigenvalue weighted by Crippen LogP contribution is -2.54. The Morgan fingerprint density at radius 1 is 1.19 bits per heavy atom. The van der Waals surface area contributed by atoms with Crippen molar-refractivity contribution in [2.75, 3.05) is 43.0 Å². The van der Waals surface area contributed by atoms with Crippen molar-refractivity contribution in [1.29, 1.82) is 0 Å². The Kier molecular flexibility index (Phi) is 8.14. The molecule has 198 valence electrons. The van der Waals surface area contributed by atoms with E-state index in [1.165, 1.54) is 6.07 Å². The van der Waals surface area contributed by atoms with E-state index in [1.54, 1.807) is 12.1 Å². The maximum Gasteiger partial charge on any atom is 0.338 e. The Bertz CT molecular complexity index is 971. The van der Waals surface area contributed by atoms with Crippen molar-refractivity contribution in [3.05, 3.63) is 24.0 Å². The van der Waals surface area contributed by atoms with Crippen LogP contribution in [0.3, 0.4) is 0 Å².